The normalized spacial score (nSPS) is 16.1. The van der Waals surface area contributed by atoms with Crippen molar-refractivity contribution in [1.82, 2.24) is 10.6 Å². The van der Waals surface area contributed by atoms with Crippen LogP contribution in [0.4, 0.5) is 14.9 Å². The molecule has 1 atom stereocenters. The fraction of sp³-hybridized carbons (Fsp3) is 0.200. The molecule has 1 aliphatic rings. The van der Waals surface area contributed by atoms with Crippen molar-refractivity contribution in [2.45, 2.75) is 6.04 Å². The van der Waals surface area contributed by atoms with Crippen LogP contribution < -0.4 is 20.7 Å². The molecule has 0 spiro atoms. The van der Waals surface area contributed by atoms with E-state index in [1.165, 1.54) is 31.4 Å². The zero-order valence-corrected chi connectivity index (χ0v) is 15.4. The van der Waals surface area contributed by atoms with E-state index in [0.29, 0.717) is 17.0 Å². The van der Waals surface area contributed by atoms with Gasteiger partial charge >= 0.3 is 12.0 Å². The fourth-order valence-corrected chi connectivity index (χ4v) is 2.91. The van der Waals surface area contributed by atoms with E-state index in [4.69, 9.17) is 9.47 Å². The topological polar surface area (TPSA) is 88.7 Å². The second kappa shape index (κ2) is 8.43. The summed E-state index contributed by atoms with van der Waals surface area (Å²) in [6.45, 7) is 0.182. The zero-order valence-electron chi connectivity index (χ0n) is 15.4. The Morgan fingerprint density at radius 1 is 1.11 bits per heavy atom. The number of hydrogen-bond acceptors (Lipinski definition) is 5. The lowest BCUT2D eigenvalue weighted by Gasteiger charge is -2.29. The number of nitrogens with one attached hydrogen (secondary N) is 3. The molecule has 0 saturated carbocycles. The highest BCUT2D eigenvalue weighted by Crippen LogP contribution is 2.28. The predicted molar refractivity (Wildman–Crippen MR) is 101 cm³/mol. The van der Waals surface area contributed by atoms with Gasteiger partial charge in [-0.1, -0.05) is 12.1 Å². The Labute approximate surface area is 161 Å². The number of anilines is 1. The van der Waals surface area contributed by atoms with Crippen LogP contribution in [0.25, 0.3) is 0 Å². The summed E-state index contributed by atoms with van der Waals surface area (Å²) in [7, 11) is 2.85. The van der Waals surface area contributed by atoms with Crippen LogP contribution in [0.1, 0.15) is 11.6 Å². The van der Waals surface area contributed by atoms with Crippen molar-refractivity contribution in [3.05, 3.63) is 71.2 Å². The first kappa shape index (κ1) is 19.2. The van der Waals surface area contributed by atoms with E-state index in [1.54, 1.807) is 19.2 Å². The van der Waals surface area contributed by atoms with E-state index < -0.39 is 23.9 Å². The lowest BCUT2D eigenvalue weighted by Crippen LogP contribution is -2.47. The van der Waals surface area contributed by atoms with E-state index in [0.717, 1.165) is 5.69 Å². The number of ether oxygens (including phenoxy) is 2. The van der Waals surface area contributed by atoms with Crippen LogP contribution in [0.3, 0.4) is 0 Å². The highest BCUT2D eigenvalue weighted by atomic mass is 19.1. The number of halogens is 1. The minimum Gasteiger partial charge on any atom is -0.497 e. The SMILES string of the molecule is COC(=O)C1=C(CNc2ccc(OC)cc2)NC(=O)N[C@H]1c1ccc(F)cc1. The van der Waals surface area contributed by atoms with E-state index in [1.807, 2.05) is 12.1 Å². The summed E-state index contributed by atoms with van der Waals surface area (Å²) in [6, 6.07) is 11.6. The molecule has 0 unspecified atom stereocenters. The molecule has 1 heterocycles. The van der Waals surface area contributed by atoms with Crippen LogP contribution in [0.15, 0.2) is 59.8 Å². The summed E-state index contributed by atoms with van der Waals surface area (Å²) in [6.07, 6.45) is 0. The monoisotopic (exact) mass is 385 g/mol. The Balaban J connectivity index is 1.91. The van der Waals surface area contributed by atoms with Gasteiger partial charge in [-0.25, -0.2) is 14.0 Å². The van der Waals surface area contributed by atoms with Crippen molar-refractivity contribution in [2.24, 2.45) is 0 Å². The number of rotatable bonds is 6. The van der Waals surface area contributed by atoms with Gasteiger partial charge in [0.1, 0.15) is 11.6 Å². The highest BCUT2D eigenvalue weighted by molar-refractivity contribution is 5.95. The Hall–Kier alpha value is -3.55. The third kappa shape index (κ3) is 4.22. The van der Waals surface area contributed by atoms with Gasteiger partial charge in [0.2, 0.25) is 0 Å². The molecule has 0 bridgehead atoms. The molecule has 7 nitrogen and oxygen atoms in total. The maximum absolute atomic E-state index is 13.3. The molecule has 0 aliphatic carbocycles. The average Bonchev–Trinajstić information content (AvgIpc) is 2.72. The van der Waals surface area contributed by atoms with Gasteiger partial charge in [-0.05, 0) is 42.0 Å². The number of hydrogen-bond donors (Lipinski definition) is 3. The van der Waals surface area contributed by atoms with Gasteiger partial charge in [-0.3, -0.25) is 0 Å². The predicted octanol–water partition coefficient (Wildman–Crippen LogP) is 2.73. The van der Waals surface area contributed by atoms with Gasteiger partial charge in [-0.15, -0.1) is 0 Å². The Kier molecular flexibility index (Phi) is 5.78. The zero-order chi connectivity index (χ0) is 20.1. The Morgan fingerprint density at radius 3 is 2.39 bits per heavy atom. The summed E-state index contributed by atoms with van der Waals surface area (Å²) in [5.41, 5.74) is 1.97. The lowest BCUT2D eigenvalue weighted by molar-refractivity contribution is -0.136. The fourth-order valence-electron chi connectivity index (χ4n) is 2.91. The molecule has 3 rings (SSSR count). The summed E-state index contributed by atoms with van der Waals surface area (Å²) < 4.78 is 23.3. The van der Waals surface area contributed by atoms with Gasteiger partial charge in [0.05, 0.1) is 38.1 Å². The molecule has 2 amide bonds. The van der Waals surface area contributed by atoms with Crippen LogP contribution in [0.5, 0.6) is 5.75 Å². The molecule has 0 saturated heterocycles. The second-order valence-electron chi connectivity index (χ2n) is 6.05. The van der Waals surface area contributed by atoms with Gasteiger partial charge in [-0.2, -0.15) is 0 Å². The molecule has 2 aromatic rings. The Bertz CT molecular complexity index is 895. The van der Waals surface area contributed by atoms with Crippen LogP contribution >= 0.6 is 0 Å². The van der Waals surface area contributed by atoms with Gasteiger partial charge in [0.15, 0.2) is 0 Å². The Morgan fingerprint density at radius 2 is 1.79 bits per heavy atom. The van der Waals surface area contributed by atoms with Gasteiger partial charge in [0.25, 0.3) is 0 Å². The van der Waals surface area contributed by atoms with Crippen molar-refractivity contribution in [3.63, 3.8) is 0 Å². The summed E-state index contributed by atoms with van der Waals surface area (Å²) in [5.74, 6) is -0.283. The van der Waals surface area contributed by atoms with Crippen LogP contribution in [-0.2, 0) is 9.53 Å². The number of urea groups is 1. The van der Waals surface area contributed by atoms with E-state index in [2.05, 4.69) is 16.0 Å². The number of methoxy groups -OCH3 is 2. The van der Waals surface area contributed by atoms with Crippen molar-refractivity contribution in [1.29, 1.82) is 0 Å². The second-order valence-corrected chi connectivity index (χ2v) is 6.05. The molecule has 28 heavy (non-hydrogen) atoms. The number of carbonyl (C=O) groups excluding carboxylic acids is 2. The first-order valence-corrected chi connectivity index (χ1v) is 8.54. The third-order valence-electron chi connectivity index (χ3n) is 4.32. The molecule has 3 N–H and O–H groups in total. The largest absolute Gasteiger partial charge is 0.497 e. The van der Waals surface area contributed by atoms with E-state index in [-0.39, 0.29) is 12.1 Å². The van der Waals surface area contributed by atoms with E-state index in [9.17, 15) is 14.0 Å². The minimum atomic E-state index is -0.755. The lowest BCUT2D eigenvalue weighted by atomic mass is 9.95. The molecule has 2 aromatic carbocycles. The minimum absolute atomic E-state index is 0.182. The maximum atomic E-state index is 13.3. The quantitative estimate of drug-likeness (QED) is 0.666. The summed E-state index contributed by atoms with van der Waals surface area (Å²) in [4.78, 5) is 24.6. The molecule has 1 aliphatic heterocycles. The molecule has 8 heteroatoms. The first-order valence-electron chi connectivity index (χ1n) is 8.54. The summed E-state index contributed by atoms with van der Waals surface area (Å²) >= 11 is 0. The summed E-state index contributed by atoms with van der Waals surface area (Å²) in [5, 5.41) is 8.49. The number of esters is 1. The highest BCUT2D eigenvalue weighted by Gasteiger charge is 2.33. The first-order chi connectivity index (χ1) is 13.5. The van der Waals surface area contributed by atoms with Crippen LogP contribution in [0.2, 0.25) is 0 Å². The molecule has 0 radical (unpaired) electrons. The standard InChI is InChI=1S/C20H20FN3O4/c1-27-15-9-7-14(8-10-15)22-11-16-17(19(25)28-2)18(24-20(26)23-16)12-3-5-13(21)6-4-12/h3-10,18,22H,11H2,1-2H3,(H2,23,24,26)/t18-/m0/s1. The van der Waals surface area contributed by atoms with Gasteiger partial charge < -0.3 is 25.4 Å². The molecule has 0 fully saturated rings. The molecular formula is C20H20FN3O4. The van der Waals surface area contributed by atoms with Crippen molar-refractivity contribution in [2.75, 3.05) is 26.1 Å². The maximum Gasteiger partial charge on any atom is 0.338 e. The number of amides is 2. The third-order valence-corrected chi connectivity index (χ3v) is 4.32. The number of benzene rings is 2. The molecular weight excluding hydrogens is 365 g/mol. The number of carbonyl (C=O) groups is 2. The molecule has 0 aromatic heterocycles. The van der Waals surface area contributed by atoms with Crippen molar-refractivity contribution < 1.29 is 23.5 Å². The average molecular weight is 385 g/mol. The van der Waals surface area contributed by atoms with Crippen molar-refractivity contribution >= 4 is 17.7 Å². The van der Waals surface area contributed by atoms with E-state index >= 15 is 0 Å². The smallest absolute Gasteiger partial charge is 0.338 e. The van der Waals surface area contributed by atoms with Crippen LogP contribution in [-0.4, -0.2) is 32.8 Å². The van der Waals surface area contributed by atoms with Crippen LogP contribution in [0, 0.1) is 5.82 Å². The van der Waals surface area contributed by atoms with Crippen molar-refractivity contribution in [3.8, 4) is 5.75 Å². The molecule has 146 valence electrons. The van der Waals surface area contributed by atoms with Gasteiger partial charge in [0, 0.05) is 5.69 Å².